The van der Waals surface area contributed by atoms with Crippen LogP contribution < -0.4 is 4.74 Å². The molecule has 3 rings (SSSR count). The second kappa shape index (κ2) is 5.79. The molecule has 0 unspecified atom stereocenters. The van der Waals surface area contributed by atoms with Crippen LogP contribution in [0.2, 0.25) is 0 Å². The van der Waals surface area contributed by atoms with Gasteiger partial charge in [0.15, 0.2) is 11.5 Å². The lowest BCUT2D eigenvalue weighted by atomic mass is 10.1. The van der Waals surface area contributed by atoms with Crippen molar-refractivity contribution in [2.75, 3.05) is 0 Å². The van der Waals surface area contributed by atoms with Crippen molar-refractivity contribution in [3.63, 3.8) is 0 Å². The molecule has 0 fully saturated rings. The molecule has 3 aromatic rings. The summed E-state index contributed by atoms with van der Waals surface area (Å²) in [6.07, 6.45) is 3.37. The average molecular weight is 280 g/mol. The molecule has 1 aromatic heterocycles. The fourth-order valence-electron chi connectivity index (χ4n) is 2.23. The second-order valence-corrected chi connectivity index (χ2v) is 4.87. The van der Waals surface area contributed by atoms with Crippen LogP contribution in [0, 0.1) is 0 Å². The molecule has 0 atom stereocenters. The van der Waals surface area contributed by atoms with Gasteiger partial charge in [-0.05, 0) is 29.3 Å². The van der Waals surface area contributed by atoms with Crippen LogP contribution in [0.15, 0.2) is 48.8 Å². The Labute approximate surface area is 123 Å². The van der Waals surface area contributed by atoms with Gasteiger partial charge >= 0.3 is 0 Å². The SMILES string of the molecule is CCCc1cc(Oc2cc3ccccc3cc2O)ncn1. The van der Waals surface area contributed by atoms with E-state index in [9.17, 15) is 5.11 Å². The van der Waals surface area contributed by atoms with E-state index in [-0.39, 0.29) is 5.75 Å². The molecule has 0 saturated heterocycles. The number of aromatic hydroxyl groups is 1. The van der Waals surface area contributed by atoms with E-state index < -0.39 is 0 Å². The van der Waals surface area contributed by atoms with E-state index >= 15 is 0 Å². The molecule has 0 radical (unpaired) electrons. The van der Waals surface area contributed by atoms with Crippen molar-refractivity contribution < 1.29 is 9.84 Å². The van der Waals surface area contributed by atoms with Crippen LogP contribution >= 0.6 is 0 Å². The van der Waals surface area contributed by atoms with Crippen LogP contribution in [0.4, 0.5) is 0 Å². The van der Waals surface area contributed by atoms with Gasteiger partial charge in [0.05, 0.1) is 0 Å². The van der Waals surface area contributed by atoms with Crippen LogP contribution in [-0.4, -0.2) is 15.1 Å². The quantitative estimate of drug-likeness (QED) is 0.782. The first-order chi connectivity index (χ1) is 10.3. The summed E-state index contributed by atoms with van der Waals surface area (Å²) in [7, 11) is 0. The van der Waals surface area contributed by atoms with Crippen molar-refractivity contribution in [3.05, 3.63) is 54.5 Å². The number of phenols is 1. The summed E-state index contributed by atoms with van der Waals surface area (Å²) in [5, 5.41) is 12.1. The number of phenolic OH excluding ortho intramolecular Hbond substituents is 1. The summed E-state index contributed by atoms with van der Waals surface area (Å²) in [6.45, 7) is 2.10. The molecule has 106 valence electrons. The van der Waals surface area contributed by atoms with Gasteiger partial charge in [0, 0.05) is 11.8 Å². The number of aromatic nitrogens is 2. The zero-order chi connectivity index (χ0) is 14.7. The molecule has 0 aliphatic heterocycles. The van der Waals surface area contributed by atoms with E-state index in [0.29, 0.717) is 11.6 Å². The second-order valence-electron chi connectivity index (χ2n) is 4.87. The zero-order valence-electron chi connectivity index (χ0n) is 11.8. The smallest absolute Gasteiger partial charge is 0.222 e. The van der Waals surface area contributed by atoms with E-state index in [1.165, 1.54) is 6.33 Å². The Morgan fingerprint density at radius 1 is 1.05 bits per heavy atom. The normalized spacial score (nSPS) is 10.7. The molecule has 0 amide bonds. The Balaban J connectivity index is 1.94. The number of hydrogen-bond acceptors (Lipinski definition) is 4. The predicted octanol–water partition coefficient (Wildman–Crippen LogP) is 4.08. The van der Waals surface area contributed by atoms with Crippen molar-refractivity contribution in [2.24, 2.45) is 0 Å². The number of hydrogen-bond donors (Lipinski definition) is 1. The van der Waals surface area contributed by atoms with Crippen molar-refractivity contribution in [3.8, 4) is 17.4 Å². The van der Waals surface area contributed by atoms with Crippen molar-refractivity contribution in [1.29, 1.82) is 0 Å². The Kier molecular flexibility index (Phi) is 3.69. The third kappa shape index (κ3) is 2.94. The van der Waals surface area contributed by atoms with E-state index in [1.807, 2.05) is 30.3 Å². The number of benzene rings is 2. The zero-order valence-corrected chi connectivity index (χ0v) is 11.8. The monoisotopic (exact) mass is 280 g/mol. The first kappa shape index (κ1) is 13.4. The van der Waals surface area contributed by atoms with Gasteiger partial charge in [-0.2, -0.15) is 0 Å². The highest BCUT2D eigenvalue weighted by Crippen LogP contribution is 2.34. The van der Waals surface area contributed by atoms with Crippen molar-refractivity contribution in [2.45, 2.75) is 19.8 Å². The number of fused-ring (bicyclic) bond motifs is 1. The molecule has 4 nitrogen and oxygen atoms in total. The fourth-order valence-corrected chi connectivity index (χ4v) is 2.23. The van der Waals surface area contributed by atoms with E-state index in [1.54, 1.807) is 12.1 Å². The lowest BCUT2D eigenvalue weighted by molar-refractivity contribution is 0.402. The summed E-state index contributed by atoms with van der Waals surface area (Å²) in [5.41, 5.74) is 0.933. The minimum absolute atomic E-state index is 0.101. The molecule has 0 aliphatic carbocycles. The van der Waals surface area contributed by atoms with Gasteiger partial charge in [0.2, 0.25) is 5.88 Å². The van der Waals surface area contributed by atoms with Gasteiger partial charge in [0.25, 0.3) is 0 Å². The Bertz CT molecular complexity index is 772. The number of aryl methyl sites for hydroxylation is 1. The van der Waals surface area contributed by atoms with E-state index in [0.717, 1.165) is 29.3 Å². The van der Waals surface area contributed by atoms with Crippen LogP contribution in [-0.2, 0) is 6.42 Å². The van der Waals surface area contributed by atoms with Crippen molar-refractivity contribution >= 4 is 10.8 Å². The standard InChI is InChI=1S/C17H16N2O2/c1-2-5-14-10-17(19-11-18-14)21-16-9-13-7-4-3-6-12(13)8-15(16)20/h3-4,6-11,20H,2,5H2,1H3. The highest BCUT2D eigenvalue weighted by molar-refractivity contribution is 5.85. The predicted molar refractivity (Wildman–Crippen MR) is 81.7 cm³/mol. The molecule has 1 heterocycles. The van der Waals surface area contributed by atoms with Crippen LogP contribution in [0.25, 0.3) is 10.8 Å². The first-order valence-electron chi connectivity index (χ1n) is 6.97. The van der Waals surface area contributed by atoms with Crippen LogP contribution in [0.1, 0.15) is 19.0 Å². The molecular formula is C17H16N2O2. The summed E-state index contributed by atoms with van der Waals surface area (Å²) in [4.78, 5) is 8.28. The van der Waals surface area contributed by atoms with Crippen molar-refractivity contribution in [1.82, 2.24) is 9.97 Å². The maximum atomic E-state index is 10.1. The molecular weight excluding hydrogens is 264 g/mol. The molecule has 4 heteroatoms. The molecule has 0 saturated carbocycles. The number of rotatable bonds is 4. The van der Waals surface area contributed by atoms with Gasteiger partial charge in [-0.25, -0.2) is 9.97 Å². The summed E-state index contributed by atoms with van der Waals surface area (Å²) in [5.74, 6) is 0.943. The van der Waals surface area contributed by atoms with Gasteiger partial charge in [-0.15, -0.1) is 0 Å². The average Bonchev–Trinajstić information content (AvgIpc) is 2.49. The van der Waals surface area contributed by atoms with E-state index in [2.05, 4.69) is 16.9 Å². The first-order valence-corrected chi connectivity index (χ1v) is 6.97. The van der Waals surface area contributed by atoms with Gasteiger partial charge < -0.3 is 9.84 Å². The fraction of sp³-hybridized carbons (Fsp3) is 0.176. The minimum Gasteiger partial charge on any atom is -0.504 e. The molecule has 0 bridgehead atoms. The summed E-state index contributed by atoms with van der Waals surface area (Å²) >= 11 is 0. The number of ether oxygens (including phenoxy) is 1. The lowest BCUT2D eigenvalue weighted by Crippen LogP contribution is -1.94. The Morgan fingerprint density at radius 2 is 1.81 bits per heavy atom. The molecule has 1 N–H and O–H groups in total. The maximum Gasteiger partial charge on any atom is 0.222 e. The molecule has 0 spiro atoms. The van der Waals surface area contributed by atoms with Gasteiger partial charge in [-0.1, -0.05) is 37.6 Å². The summed E-state index contributed by atoms with van der Waals surface area (Å²) < 4.78 is 5.70. The molecule has 0 aliphatic rings. The third-order valence-electron chi connectivity index (χ3n) is 3.25. The minimum atomic E-state index is 0.101. The maximum absolute atomic E-state index is 10.1. The topological polar surface area (TPSA) is 55.2 Å². The Morgan fingerprint density at radius 3 is 2.57 bits per heavy atom. The molecule has 2 aromatic carbocycles. The molecule has 21 heavy (non-hydrogen) atoms. The Hall–Kier alpha value is -2.62. The largest absolute Gasteiger partial charge is 0.504 e. The highest BCUT2D eigenvalue weighted by atomic mass is 16.5. The van der Waals surface area contributed by atoms with E-state index in [4.69, 9.17) is 4.74 Å². The summed E-state index contributed by atoms with van der Waals surface area (Å²) in [6, 6.07) is 13.1. The lowest BCUT2D eigenvalue weighted by Gasteiger charge is -2.09. The van der Waals surface area contributed by atoms with Gasteiger partial charge in [-0.3, -0.25) is 0 Å². The van der Waals surface area contributed by atoms with Crippen LogP contribution in [0.5, 0.6) is 17.4 Å². The highest BCUT2D eigenvalue weighted by Gasteiger charge is 2.08. The third-order valence-corrected chi connectivity index (χ3v) is 3.25. The number of nitrogens with zero attached hydrogens (tertiary/aromatic N) is 2. The van der Waals surface area contributed by atoms with Gasteiger partial charge in [0.1, 0.15) is 6.33 Å². The van der Waals surface area contributed by atoms with Crippen LogP contribution in [0.3, 0.4) is 0 Å².